The van der Waals surface area contributed by atoms with Crippen molar-refractivity contribution in [1.29, 1.82) is 0 Å². The summed E-state index contributed by atoms with van der Waals surface area (Å²) in [5.41, 5.74) is 2.32. The van der Waals surface area contributed by atoms with Crippen LogP contribution in [-0.2, 0) is 4.74 Å². The first-order chi connectivity index (χ1) is 8.26. The van der Waals surface area contributed by atoms with Gasteiger partial charge in [0.1, 0.15) is 0 Å². The molecule has 0 bridgehead atoms. The van der Waals surface area contributed by atoms with E-state index in [1.165, 1.54) is 0 Å². The molecule has 1 aliphatic carbocycles. The molecule has 3 N–H and O–H groups in total. The summed E-state index contributed by atoms with van der Waals surface area (Å²) in [4.78, 5) is 9.68. The molecule has 1 aromatic rings. The van der Waals surface area contributed by atoms with Gasteiger partial charge in [0.25, 0.3) is 0 Å². The van der Waals surface area contributed by atoms with Gasteiger partial charge in [-0.05, 0) is 12.8 Å². The number of methoxy groups -OCH3 is 1. The number of halogens is 1. The highest BCUT2D eigenvalue weighted by atomic mass is 19.1. The van der Waals surface area contributed by atoms with E-state index in [0.29, 0.717) is 19.2 Å². The molecule has 1 heterocycles. The third-order valence-corrected chi connectivity index (χ3v) is 2.65. The van der Waals surface area contributed by atoms with Crippen molar-refractivity contribution in [1.82, 2.24) is 9.97 Å². The summed E-state index contributed by atoms with van der Waals surface area (Å²) in [5, 5.41) is 0. The minimum Gasteiger partial charge on any atom is -0.383 e. The molecule has 1 aliphatic rings. The van der Waals surface area contributed by atoms with Crippen LogP contribution in [0.3, 0.4) is 0 Å². The summed E-state index contributed by atoms with van der Waals surface area (Å²) in [6.45, 7) is 1.14. The molecule has 7 heteroatoms. The van der Waals surface area contributed by atoms with Gasteiger partial charge in [-0.15, -0.1) is 0 Å². The lowest BCUT2D eigenvalue weighted by atomic mass is 10.4. The van der Waals surface area contributed by atoms with Gasteiger partial charge in [-0.1, -0.05) is 0 Å². The minimum atomic E-state index is -0.438. The lowest BCUT2D eigenvalue weighted by Crippen LogP contribution is -2.31. The van der Waals surface area contributed by atoms with E-state index in [1.807, 2.05) is 4.90 Å². The van der Waals surface area contributed by atoms with Crippen LogP contribution in [0.25, 0.3) is 0 Å². The van der Waals surface area contributed by atoms with Crippen molar-refractivity contribution >= 4 is 11.8 Å². The highest BCUT2D eigenvalue weighted by Crippen LogP contribution is 2.31. The molecule has 94 valence electrons. The molecule has 0 aromatic carbocycles. The average molecular weight is 241 g/mol. The van der Waals surface area contributed by atoms with Crippen molar-refractivity contribution < 1.29 is 9.13 Å². The van der Waals surface area contributed by atoms with E-state index in [4.69, 9.17) is 10.6 Å². The normalized spacial score (nSPS) is 14.8. The van der Waals surface area contributed by atoms with Crippen LogP contribution in [0.2, 0.25) is 0 Å². The second-order valence-corrected chi connectivity index (χ2v) is 3.93. The predicted molar refractivity (Wildman–Crippen MR) is 62.0 cm³/mol. The van der Waals surface area contributed by atoms with Crippen LogP contribution in [0.1, 0.15) is 12.8 Å². The maximum absolute atomic E-state index is 13.7. The molecule has 1 fully saturated rings. The second kappa shape index (κ2) is 5.24. The van der Waals surface area contributed by atoms with Crippen molar-refractivity contribution in [2.45, 2.75) is 18.9 Å². The third-order valence-electron chi connectivity index (χ3n) is 2.65. The van der Waals surface area contributed by atoms with Gasteiger partial charge in [0.05, 0.1) is 12.8 Å². The number of ether oxygens (including phenoxy) is 1. The molecule has 0 spiro atoms. The van der Waals surface area contributed by atoms with Gasteiger partial charge in [-0.25, -0.2) is 15.2 Å². The van der Waals surface area contributed by atoms with E-state index >= 15 is 0 Å². The molecule has 17 heavy (non-hydrogen) atoms. The predicted octanol–water partition coefficient (Wildman–Crippen LogP) is 0.517. The first kappa shape index (κ1) is 12.0. The summed E-state index contributed by atoms with van der Waals surface area (Å²) >= 11 is 0. The van der Waals surface area contributed by atoms with Gasteiger partial charge >= 0.3 is 0 Å². The summed E-state index contributed by atoms with van der Waals surface area (Å²) in [5.74, 6) is 5.28. The van der Waals surface area contributed by atoms with E-state index in [9.17, 15) is 4.39 Å². The number of nitrogen functional groups attached to an aromatic ring is 1. The molecule has 0 aliphatic heterocycles. The van der Waals surface area contributed by atoms with Crippen LogP contribution in [0.5, 0.6) is 0 Å². The SMILES string of the molecule is COCCN(c1nc(NN)ncc1F)C1CC1. The highest BCUT2D eigenvalue weighted by molar-refractivity contribution is 5.45. The number of rotatable bonds is 6. The second-order valence-electron chi connectivity index (χ2n) is 3.93. The molecule has 1 saturated carbocycles. The van der Waals surface area contributed by atoms with Crippen LogP contribution in [-0.4, -0.2) is 36.3 Å². The number of aromatic nitrogens is 2. The molecular formula is C10H16FN5O. The lowest BCUT2D eigenvalue weighted by Gasteiger charge is -2.23. The van der Waals surface area contributed by atoms with E-state index in [0.717, 1.165) is 19.0 Å². The van der Waals surface area contributed by atoms with Crippen molar-refractivity contribution in [3.8, 4) is 0 Å². The minimum absolute atomic E-state index is 0.212. The lowest BCUT2D eigenvalue weighted by molar-refractivity contribution is 0.204. The van der Waals surface area contributed by atoms with Gasteiger partial charge in [-0.2, -0.15) is 4.98 Å². The molecular weight excluding hydrogens is 225 g/mol. The number of nitrogens with zero attached hydrogens (tertiary/aromatic N) is 3. The maximum atomic E-state index is 13.7. The fraction of sp³-hybridized carbons (Fsp3) is 0.600. The van der Waals surface area contributed by atoms with E-state index in [-0.39, 0.29) is 11.8 Å². The molecule has 0 unspecified atom stereocenters. The van der Waals surface area contributed by atoms with Crippen LogP contribution in [0.4, 0.5) is 16.2 Å². The van der Waals surface area contributed by atoms with Crippen LogP contribution >= 0.6 is 0 Å². The summed E-state index contributed by atoms with van der Waals surface area (Å²) in [6, 6.07) is 0.347. The number of hydrazine groups is 1. The monoisotopic (exact) mass is 241 g/mol. The molecule has 0 saturated heterocycles. The molecule has 2 rings (SSSR count). The van der Waals surface area contributed by atoms with Crippen molar-refractivity contribution in [2.24, 2.45) is 5.84 Å². The smallest absolute Gasteiger partial charge is 0.239 e. The molecule has 0 amide bonds. The third kappa shape index (κ3) is 2.80. The van der Waals surface area contributed by atoms with Crippen molar-refractivity contribution in [3.63, 3.8) is 0 Å². The Bertz CT molecular complexity index is 385. The summed E-state index contributed by atoms with van der Waals surface area (Å²) in [7, 11) is 1.62. The Labute approximate surface area is 99.0 Å². The van der Waals surface area contributed by atoms with Gasteiger partial charge in [0, 0.05) is 19.7 Å². The maximum Gasteiger partial charge on any atom is 0.239 e. The Morgan fingerprint density at radius 1 is 1.65 bits per heavy atom. The fourth-order valence-electron chi connectivity index (χ4n) is 1.67. The Kier molecular flexibility index (Phi) is 3.70. The van der Waals surface area contributed by atoms with Gasteiger partial charge < -0.3 is 9.64 Å². The first-order valence-corrected chi connectivity index (χ1v) is 5.51. The Balaban J connectivity index is 2.21. The molecule has 1 aromatic heterocycles. The number of hydrogen-bond donors (Lipinski definition) is 2. The standard InChI is InChI=1S/C10H16FN5O/c1-17-5-4-16(7-2-3-7)9-8(11)6-13-10(14-9)15-12/h6-7H,2-5,12H2,1H3,(H,13,14,15). The Hall–Kier alpha value is -1.47. The van der Waals surface area contributed by atoms with Gasteiger partial charge in [0.15, 0.2) is 11.6 Å². The van der Waals surface area contributed by atoms with E-state index in [1.54, 1.807) is 7.11 Å². The zero-order valence-corrected chi connectivity index (χ0v) is 9.69. The van der Waals surface area contributed by atoms with Crippen molar-refractivity contribution in [2.75, 3.05) is 30.6 Å². The van der Waals surface area contributed by atoms with Gasteiger partial charge in [0.2, 0.25) is 5.95 Å². The quantitative estimate of drug-likeness (QED) is 0.558. The Morgan fingerprint density at radius 2 is 2.41 bits per heavy atom. The van der Waals surface area contributed by atoms with Crippen LogP contribution < -0.4 is 16.2 Å². The van der Waals surface area contributed by atoms with Crippen molar-refractivity contribution in [3.05, 3.63) is 12.0 Å². The molecule has 6 nitrogen and oxygen atoms in total. The number of nitrogens with two attached hydrogens (primary N) is 1. The topological polar surface area (TPSA) is 76.3 Å². The molecule has 0 radical (unpaired) electrons. The fourth-order valence-corrected chi connectivity index (χ4v) is 1.67. The zero-order chi connectivity index (χ0) is 12.3. The van der Waals surface area contributed by atoms with E-state index < -0.39 is 5.82 Å². The van der Waals surface area contributed by atoms with Crippen LogP contribution in [0, 0.1) is 5.82 Å². The Morgan fingerprint density at radius 3 is 3.00 bits per heavy atom. The average Bonchev–Trinajstić information content (AvgIpc) is 3.16. The van der Waals surface area contributed by atoms with Crippen LogP contribution in [0.15, 0.2) is 6.20 Å². The highest BCUT2D eigenvalue weighted by Gasteiger charge is 2.31. The largest absolute Gasteiger partial charge is 0.383 e. The number of hydrogen-bond acceptors (Lipinski definition) is 6. The number of anilines is 2. The molecule has 0 atom stereocenters. The first-order valence-electron chi connectivity index (χ1n) is 5.51. The number of nitrogens with one attached hydrogen (secondary N) is 1. The summed E-state index contributed by atoms with van der Waals surface area (Å²) < 4.78 is 18.7. The van der Waals surface area contributed by atoms with Gasteiger partial charge in [-0.3, -0.25) is 5.43 Å². The van der Waals surface area contributed by atoms with E-state index in [2.05, 4.69) is 15.4 Å². The zero-order valence-electron chi connectivity index (χ0n) is 9.69. The summed E-state index contributed by atoms with van der Waals surface area (Å²) in [6.07, 6.45) is 3.23.